The Hall–Kier alpha value is -3.81. The van der Waals surface area contributed by atoms with Gasteiger partial charge in [-0.2, -0.15) is 10.3 Å². The predicted octanol–water partition coefficient (Wildman–Crippen LogP) is 3.99. The first-order chi connectivity index (χ1) is 15.1. The number of benzene rings is 2. The number of carbonyl (C=O) groups is 1. The van der Waals surface area contributed by atoms with Crippen LogP contribution in [0.25, 0.3) is 22.5 Å². The van der Waals surface area contributed by atoms with E-state index in [0.717, 1.165) is 46.4 Å². The maximum absolute atomic E-state index is 12.1. The summed E-state index contributed by atoms with van der Waals surface area (Å²) in [5.41, 5.74) is 5.76. The fraction of sp³-hybridized carbons (Fsp3) is 0.261. The van der Waals surface area contributed by atoms with Crippen LogP contribution >= 0.6 is 0 Å². The molecule has 158 valence electrons. The first kappa shape index (κ1) is 20.5. The standard InChI is InChI=1S/C23H24N6O2/c1-3-9-20-19(21(23(30)31)29(4-2)26-20)14-15-10-5-6-11-16(15)17-12-7-8-13-18(17)22-24-27-28-25-22/h5-8,10-13H,3-4,9,14H2,1-2H3,(H,30,31)(H,24,25,27,28). The summed E-state index contributed by atoms with van der Waals surface area (Å²) in [6.07, 6.45) is 2.12. The molecule has 31 heavy (non-hydrogen) atoms. The van der Waals surface area contributed by atoms with Crippen molar-refractivity contribution >= 4 is 5.97 Å². The molecule has 0 atom stereocenters. The third-order valence-electron chi connectivity index (χ3n) is 5.31. The van der Waals surface area contributed by atoms with Crippen LogP contribution in [0.4, 0.5) is 0 Å². The van der Waals surface area contributed by atoms with E-state index in [9.17, 15) is 9.90 Å². The van der Waals surface area contributed by atoms with Crippen molar-refractivity contribution < 1.29 is 9.90 Å². The van der Waals surface area contributed by atoms with E-state index in [2.05, 4.69) is 32.6 Å². The molecule has 2 heterocycles. The van der Waals surface area contributed by atoms with Crippen molar-refractivity contribution in [3.8, 4) is 22.5 Å². The van der Waals surface area contributed by atoms with Gasteiger partial charge in [0.25, 0.3) is 0 Å². The van der Waals surface area contributed by atoms with Crippen molar-refractivity contribution in [2.24, 2.45) is 0 Å². The lowest BCUT2D eigenvalue weighted by Crippen LogP contribution is -2.11. The van der Waals surface area contributed by atoms with E-state index in [1.54, 1.807) is 4.68 Å². The number of nitrogens with one attached hydrogen (secondary N) is 1. The minimum Gasteiger partial charge on any atom is -0.477 e. The first-order valence-corrected chi connectivity index (χ1v) is 10.4. The van der Waals surface area contributed by atoms with Gasteiger partial charge in [-0.15, -0.1) is 10.2 Å². The molecule has 4 rings (SSSR count). The number of aromatic nitrogens is 6. The predicted molar refractivity (Wildman–Crippen MR) is 117 cm³/mol. The molecule has 0 bridgehead atoms. The van der Waals surface area contributed by atoms with Gasteiger partial charge >= 0.3 is 5.97 Å². The Labute approximate surface area is 179 Å². The minimum atomic E-state index is -0.948. The smallest absolute Gasteiger partial charge is 0.354 e. The number of aromatic carboxylic acids is 1. The van der Waals surface area contributed by atoms with Crippen LogP contribution in [0.15, 0.2) is 48.5 Å². The number of aromatic amines is 1. The number of H-pyrrole nitrogens is 1. The van der Waals surface area contributed by atoms with Crippen molar-refractivity contribution in [2.45, 2.75) is 39.7 Å². The molecule has 8 heteroatoms. The lowest BCUT2D eigenvalue weighted by molar-refractivity contribution is 0.0682. The maximum atomic E-state index is 12.1. The molecule has 0 amide bonds. The van der Waals surface area contributed by atoms with Crippen molar-refractivity contribution in [2.75, 3.05) is 0 Å². The molecule has 0 unspecified atom stereocenters. The van der Waals surface area contributed by atoms with Gasteiger partial charge in [0, 0.05) is 24.1 Å². The van der Waals surface area contributed by atoms with Crippen LogP contribution in [0, 0.1) is 0 Å². The summed E-state index contributed by atoms with van der Waals surface area (Å²) >= 11 is 0. The molecule has 0 saturated heterocycles. The Balaban J connectivity index is 1.85. The fourth-order valence-electron chi connectivity index (χ4n) is 3.96. The van der Waals surface area contributed by atoms with Gasteiger partial charge in [-0.25, -0.2) is 4.79 Å². The molecule has 2 aromatic carbocycles. The lowest BCUT2D eigenvalue weighted by atomic mass is 9.91. The highest BCUT2D eigenvalue weighted by atomic mass is 16.4. The van der Waals surface area contributed by atoms with Crippen LogP contribution in [0.3, 0.4) is 0 Å². The Kier molecular flexibility index (Phi) is 5.88. The molecule has 2 aromatic heterocycles. The Morgan fingerprint density at radius 3 is 2.39 bits per heavy atom. The first-order valence-electron chi connectivity index (χ1n) is 10.4. The van der Waals surface area contributed by atoms with Crippen LogP contribution in [-0.4, -0.2) is 41.5 Å². The average molecular weight is 416 g/mol. The molecule has 2 N–H and O–H groups in total. The topological polar surface area (TPSA) is 110 Å². The number of hydrogen-bond acceptors (Lipinski definition) is 5. The van der Waals surface area contributed by atoms with Gasteiger partial charge in [-0.3, -0.25) is 4.68 Å². The van der Waals surface area contributed by atoms with Crippen LogP contribution in [0.5, 0.6) is 0 Å². The molecule has 4 aromatic rings. The van der Waals surface area contributed by atoms with E-state index in [-0.39, 0.29) is 5.69 Å². The lowest BCUT2D eigenvalue weighted by Gasteiger charge is -2.13. The van der Waals surface area contributed by atoms with E-state index in [0.29, 0.717) is 18.8 Å². The monoisotopic (exact) mass is 416 g/mol. The molecule has 0 aliphatic heterocycles. The van der Waals surface area contributed by atoms with E-state index in [1.165, 1.54) is 0 Å². The Bertz CT molecular complexity index is 1200. The third-order valence-corrected chi connectivity index (χ3v) is 5.31. The molecule has 0 fully saturated rings. The molecule has 0 aliphatic carbocycles. The van der Waals surface area contributed by atoms with E-state index in [1.807, 2.05) is 55.5 Å². The Morgan fingerprint density at radius 1 is 1.03 bits per heavy atom. The van der Waals surface area contributed by atoms with E-state index < -0.39 is 5.97 Å². The van der Waals surface area contributed by atoms with Gasteiger partial charge in [-0.1, -0.05) is 61.9 Å². The van der Waals surface area contributed by atoms with Gasteiger partial charge in [0.2, 0.25) is 5.82 Å². The van der Waals surface area contributed by atoms with Crippen LogP contribution in [0.1, 0.15) is 47.6 Å². The number of tetrazole rings is 1. The normalized spacial score (nSPS) is 11.0. The highest BCUT2D eigenvalue weighted by Crippen LogP contribution is 2.34. The van der Waals surface area contributed by atoms with Gasteiger partial charge in [0.1, 0.15) is 5.69 Å². The van der Waals surface area contributed by atoms with Crippen LogP contribution in [-0.2, 0) is 19.4 Å². The zero-order valence-electron chi connectivity index (χ0n) is 17.5. The second-order valence-corrected chi connectivity index (χ2v) is 7.26. The van der Waals surface area contributed by atoms with Gasteiger partial charge in [-0.05, 0) is 35.2 Å². The van der Waals surface area contributed by atoms with E-state index >= 15 is 0 Å². The SMILES string of the molecule is CCCc1nn(CC)c(C(=O)O)c1Cc1ccccc1-c1ccccc1-c1nn[nH]n1. The van der Waals surface area contributed by atoms with E-state index in [4.69, 9.17) is 0 Å². The van der Waals surface area contributed by atoms with Crippen molar-refractivity contribution in [3.05, 3.63) is 71.0 Å². The molecule has 0 spiro atoms. The van der Waals surface area contributed by atoms with Crippen molar-refractivity contribution in [1.82, 2.24) is 30.4 Å². The maximum Gasteiger partial charge on any atom is 0.354 e. The Morgan fingerprint density at radius 2 is 1.74 bits per heavy atom. The zero-order chi connectivity index (χ0) is 21.8. The minimum absolute atomic E-state index is 0.271. The summed E-state index contributed by atoms with van der Waals surface area (Å²) < 4.78 is 1.60. The molecule has 8 nitrogen and oxygen atoms in total. The highest BCUT2D eigenvalue weighted by Gasteiger charge is 2.23. The molecular weight excluding hydrogens is 392 g/mol. The fourth-order valence-corrected chi connectivity index (χ4v) is 3.96. The van der Waals surface area contributed by atoms with Crippen LogP contribution in [0.2, 0.25) is 0 Å². The largest absolute Gasteiger partial charge is 0.477 e. The summed E-state index contributed by atoms with van der Waals surface area (Å²) in [6.45, 7) is 4.50. The average Bonchev–Trinajstić information content (AvgIpc) is 3.43. The van der Waals surface area contributed by atoms with Gasteiger partial charge < -0.3 is 5.11 Å². The summed E-state index contributed by atoms with van der Waals surface area (Å²) in [5, 5.41) is 29.0. The van der Waals surface area contributed by atoms with Crippen molar-refractivity contribution in [3.63, 3.8) is 0 Å². The number of carboxylic acid groups (broad SMARTS) is 1. The highest BCUT2D eigenvalue weighted by molar-refractivity contribution is 5.88. The number of carboxylic acids is 1. The summed E-state index contributed by atoms with van der Waals surface area (Å²) in [7, 11) is 0. The van der Waals surface area contributed by atoms with Crippen molar-refractivity contribution in [1.29, 1.82) is 0 Å². The second kappa shape index (κ2) is 8.91. The number of hydrogen-bond donors (Lipinski definition) is 2. The quantitative estimate of drug-likeness (QED) is 0.449. The summed E-state index contributed by atoms with van der Waals surface area (Å²) in [6, 6.07) is 15.9. The van der Waals surface area contributed by atoms with Gasteiger partial charge in [0.15, 0.2) is 0 Å². The molecule has 0 radical (unpaired) electrons. The third kappa shape index (κ3) is 3.96. The molecular formula is C23H24N6O2. The summed E-state index contributed by atoms with van der Waals surface area (Å²) in [5.74, 6) is -0.432. The number of nitrogens with zero attached hydrogens (tertiary/aromatic N) is 5. The number of rotatable bonds is 8. The molecule has 0 saturated carbocycles. The molecule has 0 aliphatic rings. The van der Waals surface area contributed by atoms with Gasteiger partial charge in [0.05, 0.1) is 5.69 Å². The number of aryl methyl sites for hydroxylation is 2. The van der Waals surface area contributed by atoms with Crippen LogP contribution < -0.4 is 0 Å². The zero-order valence-corrected chi connectivity index (χ0v) is 17.5. The summed E-state index contributed by atoms with van der Waals surface area (Å²) in [4.78, 5) is 12.1. The second-order valence-electron chi connectivity index (χ2n) is 7.26.